The third-order valence-electron chi connectivity index (χ3n) is 4.01. The maximum atomic E-state index is 12.8. The number of anilines is 1. The number of hydrogen-bond donors (Lipinski definition) is 2. The lowest BCUT2D eigenvalue weighted by Crippen LogP contribution is -2.24. The molecule has 3 rings (SSSR count). The minimum atomic E-state index is -4.50. The highest BCUT2D eigenvalue weighted by molar-refractivity contribution is 8.00. The summed E-state index contributed by atoms with van der Waals surface area (Å²) in [6.45, 7) is 0.279. The van der Waals surface area contributed by atoms with Crippen LogP contribution < -0.4 is 10.6 Å². The number of nitrogens with zero attached hydrogens (tertiary/aromatic N) is 2. The van der Waals surface area contributed by atoms with Crippen LogP contribution in [0.4, 0.5) is 18.9 Å². The van der Waals surface area contributed by atoms with Crippen molar-refractivity contribution in [2.24, 2.45) is 0 Å². The maximum Gasteiger partial charge on any atom is 0.416 e. The molecule has 0 saturated carbocycles. The number of pyridine rings is 2. The normalized spacial score (nSPS) is 11.1. The van der Waals surface area contributed by atoms with Crippen LogP contribution >= 0.6 is 11.8 Å². The Labute approximate surface area is 180 Å². The van der Waals surface area contributed by atoms with E-state index in [-0.39, 0.29) is 23.9 Å². The standard InChI is InChI=1S/C21H17F3N4O2S/c22-21(23,24)15-5-1-6-16(10-15)28-18(29)13-31-20-17(7-3-9-26-20)19(30)27-12-14-4-2-8-25-11-14/h1-11H,12-13H2,(H,27,30)(H,28,29). The second-order valence-corrected chi connectivity index (χ2v) is 7.28. The van der Waals surface area contributed by atoms with Crippen LogP contribution in [-0.2, 0) is 17.5 Å². The number of alkyl halides is 3. The quantitative estimate of drug-likeness (QED) is 0.533. The van der Waals surface area contributed by atoms with Gasteiger partial charge in [-0.1, -0.05) is 23.9 Å². The molecule has 0 spiro atoms. The molecular formula is C21H17F3N4O2S. The van der Waals surface area contributed by atoms with Gasteiger partial charge in [-0.2, -0.15) is 13.2 Å². The third-order valence-corrected chi connectivity index (χ3v) is 5.01. The fourth-order valence-electron chi connectivity index (χ4n) is 2.56. The Morgan fingerprint density at radius 3 is 2.58 bits per heavy atom. The Bertz CT molecular complexity index is 1060. The van der Waals surface area contributed by atoms with Crippen LogP contribution in [0.1, 0.15) is 21.5 Å². The SMILES string of the molecule is O=C(CSc1ncccc1C(=O)NCc1cccnc1)Nc1cccc(C(F)(F)F)c1. The fraction of sp³-hybridized carbons (Fsp3) is 0.143. The Hall–Kier alpha value is -3.40. The summed E-state index contributed by atoms with van der Waals surface area (Å²) in [7, 11) is 0. The van der Waals surface area contributed by atoms with E-state index in [0.717, 1.165) is 29.5 Å². The Kier molecular flexibility index (Phi) is 7.24. The van der Waals surface area contributed by atoms with E-state index in [2.05, 4.69) is 20.6 Å². The van der Waals surface area contributed by atoms with E-state index < -0.39 is 17.6 Å². The molecule has 160 valence electrons. The minimum absolute atomic E-state index is 0.0379. The smallest absolute Gasteiger partial charge is 0.348 e. The van der Waals surface area contributed by atoms with Crippen molar-refractivity contribution in [1.29, 1.82) is 0 Å². The lowest BCUT2D eigenvalue weighted by Gasteiger charge is -2.11. The molecule has 0 aliphatic carbocycles. The molecule has 3 aromatic rings. The molecule has 2 N–H and O–H groups in total. The third kappa shape index (κ3) is 6.54. The summed E-state index contributed by atoms with van der Waals surface area (Å²) in [5, 5.41) is 5.53. The Morgan fingerprint density at radius 2 is 1.84 bits per heavy atom. The summed E-state index contributed by atoms with van der Waals surface area (Å²) in [6, 6.07) is 11.1. The van der Waals surface area contributed by atoms with Crippen LogP contribution in [0.3, 0.4) is 0 Å². The van der Waals surface area contributed by atoms with Crippen molar-refractivity contribution in [2.75, 3.05) is 11.1 Å². The van der Waals surface area contributed by atoms with Gasteiger partial charge in [0, 0.05) is 30.8 Å². The summed E-state index contributed by atoms with van der Waals surface area (Å²) in [5.74, 6) is -1.01. The number of carbonyl (C=O) groups is 2. The van der Waals surface area contributed by atoms with Crippen LogP contribution in [0.25, 0.3) is 0 Å². The van der Waals surface area contributed by atoms with Crippen molar-refractivity contribution in [3.63, 3.8) is 0 Å². The molecule has 2 heterocycles. The van der Waals surface area contributed by atoms with Crippen molar-refractivity contribution in [3.05, 3.63) is 83.8 Å². The molecule has 0 radical (unpaired) electrons. The number of benzene rings is 1. The first-order chi connectivity index (χ1) is 14.8. The van der Waals surface area contributed by atoms with Crippen molar-refractivity contribution in [3.8, 4) is 0 Å². The second kappa shape index (κ2) is 10.1. The molecule has 0 aliphatic heterocycles. The van der Waals surface area contributed by atoms with Crippen LogP contribution in [0.2, 0.25) is 0 Å². The predicted octanol–water partition coefficient (Wildman–Crippen LogP) is 4.16. The van der Waals surface area contributed by atoms with E-state index in [1.54, 1.807) is 30.6 Å². The number of amides is 2. The van der Waals surface area contributed by atoms with Gasteiger partial charge in [-0.25, -0.2) is 4.98 Å². The van der Waals surface area contributed by atoms with Crippen molar-refractivity contribution in [1.82, 2.24) is 15.3 Å². The summed E-state index contributed by atoms with van der Waals surface area (Å²) >= 11 is 1.02. The summed E-state index contributed by atoms with van der Waals surface area (Å²) in [5.41, 5.74) is 0.309. The summed E-state index contributed by atoms with van der Waals surface area (Å²) < 4.78 is 38.4. The van der Waals surface area contributed by atoms with E-state index in [1.165, 1.54) is 18.3 Å². The van der Waals surface area contributed by atoms with Gasteiger partial charge in [-0.15, -0.1) is 0 Å². The minimum Gasteiger partial charge on any atom is -0.348 e. The summed E-state index contributed by atoms with van der Waals surface area (Å²) in [6.07, 6.45) is 0.259. The van der Waals surface area contributed by atoms with Crippen LogP contribution in [0, 0.1) is 0 Å². The average molecular weight is 446 g/mol. The van der Waals surface area contributed by atoms with Crippen LogP contribution in [0.5, 0.6) is 0 Å². The van der Waals surface area contributed by atoms with Gasteiger partial charge in [0.25, 0.3) is 5.91 Å². The monoisotopic (exact) mass is 446 g/mol. The molecule has 2 aromatic heterocycles. The topological polar surface area (TPSA) is 84.0 Å². The van der Waals surface area contributed by atoms with Gasteiger partial charge >= 0.3 is 6.18 Å². The number of nitrogens with one attached hydrogen (secondary N) is 2. The van der Waals surface area contributed by atoms with E-state index in [9.17, 15) is 22.8 Å². The molecule has 0 bridgehead atoms. The van der Waals surface area contributed by atoms with Crippen LogP contribution in [0.15, 0.2) is 72.1 Å². The summed E-state index contributed by atoms with van der Waals surface area (Å²) in [4.78, 5) is 32.8. The molecule has 0 unspecified atom stereocenters. The largest absolute Gasteiger partial charge is 0.416 e. The first-order valence-electron chi connectivity index (χ1n) is 9.05. The highest BCUT2D eigenvalue weighted by Gasteiger charge is 2.30. The predicted molar refractivity (Wildman–Crippen MR) is 110 cm³/mol. The molecule has 0 fully saturated rings. The number of rotatable bonds is 7. The van der Waals surface area contributed by atoms with E-state index in [0.29, 0.717) is 10.6 Å². The molecule has 6 nitrogen and oxygen atoms in total. The molecule has 0 atom stereocenters. The van der Waals surface area contributed by atoms with Gasteiger partial charge in [-0.05, 0) is 42.0 Å². The Morgan fingerprint density at radius 1 is 1.03 bits per heavy atom. The van der Waals surface area contributed by atoms with Gasteiger partial charge < -0.3 is 10.6 Å². The van der Waals surface area contributed by atoms with Gasteiger partial charge in [0.05, 0.1) is 16.9 Å². The van der Waals surface area contributed by atoms with E-state index in [1.807, 2.05) is 6.07 Å². The first-order valence-corrected chi connectivity index (χ1v) is 10.0. The van der Waals surface area contributed by atoms with E-state index in [4.69, 9.17) is 0 Å². The highest BCUT2D eigenvalue weighted by atomic mass is 32.2. The second-order valence-electron chi connectivity index (χ2n) is 6.32. The first kappa shape index (κ1) is 22.3. The number of carbonyl (C=O) groups excluding carboxylic acids is 2. The lowest BCUT2D eigenvalue weighted by atomic mass is 10.2. The Balaban J connectivity index is 1.59. The number of thioether (sulfide) groups is 1. The van der Waals surface area contributed by atoms with Crippen LogP contribution in [-0.4, -0.2) is 27.5 Å². The molecule has 2 amide bonds. The van der Waals surface area contributed by atoms with E-state index >= 15 is 0 Å². The number of aromatic nitrogens is 2. The molecule has 10 heteroatoms. The zero-order chi connectivity index (χ0) is 22.3. The van der Waals surface area contributed by atoms with Gasteiger partial charge in [0.2, 0.25) is 5.91 Å². The van der Waals surface area contributed by atoms with Gasteiger partial charge in [0.1, 0.15) is 5.03 Å². The molecular weight excluding hydrogens is 429 g/mol. The van der Waals surface area contributed by atoms with Gasteiger partial charge in [-0.3, -0.25) is 14.6 Å². The van der Waals surface area contributed by atoms with Crippen molar-refractivity contribution >= 4 is 29.3 Å². The number of hydrogen-bond acceptors (Lipinski definition) is 5. The van der Waals surface area contributed by atoms with Gasteiger partial charge in [0.15, 0.2) is 0 Å². The maximum absolute atomic E-state index is 12.8. The van der Waals surface area contributed by atoms with Crippen molar-refractivity contribution in [2.45, 2.75) is 17.7 Å². The molecule has 1 aromatic carbocycles. The average Bonchev–Trinajstić information content (AvgIpc) is 2.76. The highest BCUT2D eigenvalue weighted by Crippen LogP contribution is 2.30. The zero-order valence-corrected chi connectivity index (χ0v) is 16.8. The molecule has 0 aliphatic rings. The molecule has 31 heavy (non-hydrogen) atoms. The zero-order valence-electron chi connectivity index (χ0n) is 16.0. The fourth-order valence-corrected chi connectivity index (χ4v) is 3.35. The van der Waals surface area contributed by atoms with Crippen molar-refractivity contribution < 1.29 is 22.8 Å². The molecule has 0 saturated heterocycles. The number of halogens is 3. The lowest BCUT2D eigenvalue weighted by molar-refractivity contribution is -0.137.